The van der Waals surface area contributed by atoms with Crippen LogP contribution in [0.4, 0.5) is 0 Å². The van der Waals surface area contributed by atoms with E-state index in [0.717, 1.165) is 38.5 Å². The fraction of sp³-hybridized carbons (Fsp3) is 0.983. The van der Waals surface area contributed by atoms with Crippen LogP contribution in [0.15, 0.2) is 0 Å². The van der Waals surface area contributed by atoms with Crippen molar-refractivity contribution in [3.8, 4) is 0 Å². The highest BCUT2D eigenvalue weighted by molar-refractivity contribution is 5.80. The molecule has 11 heteroatoms. The Kier molecular flexibility index (Phi) is 46.1. The standard InChI is InChI=1S/C58H115NO10/c1-3-5-7-9-11-13-15-17-19-21-23-24-25-26-27-28-30-31-33-35-37-39-41-43-45-50(61)53(63)49(48-68-58-56(66)55(65)54(64)52(47-60)69-58)59-57(67)51(62)46-44-42-40-38-36-34-32-29-22-20-18-16-14-12-10-8-6-4-2/h49-56,58,60-66H,3-48H2,1-2H3,(H,59,67). The Morgan fingerprint density at radius 2 is 0.754 bits per heavy atom. The maximum absolute atomic E-state index is 13.2. The van der Waals surface area contributed by atoms with Crippen LogP contribution in [-0.2, 0) is 14.3 Å². The van der Waals surface area contributed by atoms with E-state index in [1.54, 1.807) is 0 Å². The first-order chi connectivity index (χ1) is 33.7. The molecule has 412 valence electrons. The molecular formula is C58H115NO10. The number of rotatable bonds is 52. The fourth-order valence-corrected chi connectivity index (χ4v) is 10.0. The number of aliphatic hydroxyl groups excluding tert-OH is 7. The van der Waals surface area contributed by atoms with Crippen LogP contribution in [0.25, 0.3) is 0 Å². The van der Waals surface area contributed by atoms with Crippen molar-refractivity contribution in [2.75, 3.05) is 13.2 Å². The highest BCUT2D eigenvalue weighted by Crippen LogP contribution is 2.24. The van der Waals surface area contributed by atoms with Crippen LogP contribution in [0, 0.1) is 0 Å². The van der Waals surface area contributed by atoms with E-state index in [-0.39, 0.29) is 6.42 Å². The summed E-state index contributed by atoms with van der Waals surface area (Å²) in [6, 6.07) is -1.16. The van der Waals surface area contributed by atoms with Crippen LogP contribution in [0.3, 0.4) is 0 Å². The minimum absolute atomic E-state index is 0.267. The summed E-state index contributed by atoms with van der Waals surface area (Å²) in [6.07, 6.45) is 43.0. The molecule has 1 saturated heterocycles. The van der Waals surface area contributed by atoms with Gasteiger partial charge in [-0.15, -0.1) is 0 Å². The van der Waals surface area contributed by atoms with Crippen LogP contribution in [0.1, 0.15) is 296 Å². The van der Waals surface area contributed by atoms with Gasteiger partial charge in [-0.05, 0) is 12.8 Å². The molecule has 9 unspecified atom stereocenters. The van der Waals surface area contributed by atoms with E-state index >= 15 is 0 Å². The van der Waals surface area contributed by atoms with Gasteiger partial charge in [-0.2, -0.15) is 0 Å². The Labute approximate surface area is 424 Å². The molecule has 9 atom stereocenters. The average molecular weight is 987 g/mol. The van der Waals surface area contributed by atoms with Gasteiger partial charge in [-0.1, -0.05) is 284 Å². The molecule has 8 N–H and O–H groups in total. The maximum atomic E-state index is 13.2. The van der Waals surface area contributed by atoms with Crippen molar-refractivity contribution >= 4 is 5.91 Å². The summed E-state index contributed by atoms with van der Waals surface area (Å²) >= 11 is 0. The monoisotopic (exact) mass is 986 g/mol. The van der Waals surface area contributed by atoms with Gasteiger partial charge in [0.05, 0.1) is 25.4 Å². The number of ether oxygens (including phenoxy) is 2. The topological polar surface area (TPSA) is 189 Å². The first kappa shape index (κ1) is 66.1. The molecule has 1 amide bonds. The molecule has 1 aliphatic heterocycles. The van der Waals surface area contributed by atoms with Gasteiger partial charge in [0.25, 0.3) is 0 Å². The summed E-state index contributed by atoms with van der Waals surface area (Å²) in [7, 11) is 0. The molecule has 69 heavy (non-hydrogen) atoms. The molecule has 0 saturated carbocycles. The lowest BCUT2D eigenvalue weighted by atomic mass is 9.98. The minimum Gasteiger partial charge on any atom is -0.394 e. The summed E-state index contributed by atoms with van der Waals surface area (Å²) in [5.41, 5.74) is 0. The highest BCUT2D eigenvalue weighted by Gasteiger charge is 2.44. The molecular weight excluding hydrogens is 871 g/mol. The average Bonchev–Trinajstić information content (AvgIpc) is 3.35. The Morgan fingerprint density at radius 3 is 1.07 bits per heavy atom. The number of aliphatic hydroxyl groups is 7. The second-order valence-corrected chi connectivity index (χ2v) is 21.4. The molecule has 0 aromatic rings. The van der Waals surface area contributed by atoms with Crippen molar-refractivity contribution < 1.29 is 50.0 Å². The van der Waals surface area contributed by atoms with Crippen LogP contribution in [0.5, 0.6) is 0 Å². The third-order valence-electron chi connectivity index (χ3n) is 14.9. The minimum atomic E-state index is -1.66. The van der Waals surface area contributed by atoms with E-state index in [4.69, 9.17) is 9.47 Å². The molecule has 0 bridgehead atoms. The predicted octanol–water partition coefficient (Wildman–Crippen LogP) is 12.6. The van der Waals surface area contributed by atoms with Crippen LogP contribution >= 0.6 is 0 Å². The number of hydrogen-bond donors (Lipinski definition) is 8. The van der Waals surface area contributed by atoms with Gasteiger partial charge < -0.3 is 50.5 Å². The fourth-order valence-electron chi connectivity index (χ4n) is 10.0. The summed E-state index contributed by atoms with van der Waals surface area (Å²) in [4.78, 5) is 13.2. The zero-order valence-corrected chi connectivity index (χ0v) is 45.1. The number of carbonyl (C=O) groups excluding carboxylic acids is 1. The first-order valence-electron chi connectivity index (χ1n) is 29.9. The molecule has 0 aromatic carbocycles. The molecule has 1 heterocycles. The number of amides is 1. The zero-order chi connectivity index (χ0) is 50.4. The lowest BCUT2D eigenvalue weighted by molar-refractivity contribution is -0.303. The van der Waals surface area contributed by atoms with E-state index < -0.39 is 74.2 Å². The molecule has 0 spiro atoms. The largest absolute Gasteiger partial charge is 0.394 e. The molecule has 0 aromatic heterocycles. The summed E-state index contributed by atoms with van der Waals surface area (Å²) in [5.74, 6) is -0.689. The van der Waals surface area contributed by atoms with E-state index in [1.807, 2.05) is 0 Å². The second kappa shape index (κ2) is 48.1. The maximum Gasteiger partial charge on any atom is 0.249 e. The van der Waals surface area contributed by atoms with Gasteiger partial charge in [0, 0.05) is 0 Å². The van der Waals surface area contributed by atoms with Gasteiger partial charge in [0.2, 0.25) is 5.91 Å². The van der Waals surface area contributed by atoms with Gasteiger partial charge in [0.15, 0.2) is 6.29 Å². The van der Waals surface area contributed by atoms with Crippen LogP contribution in [0.2, 0.25) is 0 Å². The van der Waals surface area contributed by atoms with E-state index in [0.29, 0.717) is 19.3 Å². The van der Waals surface area contributed by atoms with Crippen molar-refractivity contribution in [2.24, 2.45) is 0 Å². The Bertz CT molecular complexity index is 1090. The Morgan fingerprint density at radius 1 is 0.449 bits per heavy atom. The van der Waals surface area contributed by atoms with Gasteiger partial charge in [-0.25, -0.2) is 0 Å². The Hall–Kier alpha value is -0.890. The predicted molar refractivity (Wildman–Crippen MR) is 284 cm³/mol. The van der Waals surface area contributed by atoms with Gasteiger partial charge in [0.1, 0.15) is 36.6 Å². The zero-order valence-electron chi connectivity index (χ0n) is 45.1. The lowest BCUT2D eigenvalue weighted by Gasteiger charge is -2.40. The molecule has 0 radical (unpaired) electrons. The SMILES string of the molecule is CCCCCCCCCCCCCCCCCCCCCCCCCCC(O)C(O)C(COC1OC(CO)C(O)C(O)C1O)NC(=O)C(O)CCCCCCCCCCCCCCCCCCCC. The molecule has 1 fully saturated rings. The van der Waals surface area contributed by atoms with E-state index in [9.17, 15) is 40.5 Å². The summed E-state index contributed by atoms with van der Waals surface area (Å²) < 4.78 is 11.2. The van der Waals surface area contributed by atoms with Crippen LogP contribution < -0.4 is 5.32 Å². The number of unbranched alkanes of at least 4 members (excludes halogenated alkanes) is 40. The van der Waals surface area contributed by atoms with Crippen molar-refractivity contribution in [1.82, 2.24) is 5.32 Å². The summed E-state index contributed by atoms with van der Waals surface area (Å²) in [5, 5.41) is 76.2. The van der Waals surface area contributed by atoms with Crippen molar-refractivity contribution in [2.45, 2.75) is 351 Å². The third-order valence-corrected chi connectivity index (χ3v) is 14.9. The molecule has 1 aliphatic rings. The van der Waals surface area contributed by atoms with Crippen molar-refractivity contribution in [3.63, 3.8) is 0 Å². The summed E-state index contributed by atoms with van der Waals surface area (Å²) in [6.45, 7) is 3.50. The normalized spacial score (nSPS) is 20.3. The molecule has 11 nitrogen and oxygen atoms in total. The number of carbonyl (C=O) groups is 1. The number of hydrogen-bond acceptors (Lipinski definition) is 10. The van der Waals surface area contributed by atoms with Crippen molar-refractivity contribution in [3.05, 3.63) is 0 Å². The van der Waals surface area contributed by atoms with E-state index in [2.05, 4.69) is 19.2 Å². The lowest BCUT2D eigenvalue weighted by Crippen LogP contribution is -2.60. The smallest absolute Gasteiger partial charge is 0.249 e. The first-order valence-corrected chi connectivity index (χ1v) is 29.9. The highest BCUT2D eigenvalue weighted by atomic mass is 16.7. The van der Waals surface area contributed by atoms with Crippen LogP contribution in [-0.4, -0.2) is 110 Å². The Balaban J connectivity index is 2.28. The van der Waals surface area contributed by atoms with Gasteiger partial charge in [-0.3, -0.25) is 4.79 Å². The van der Waals surface area contributed by atoms with E-state index in [1.165, 1.54) is 218 Å². The van der Waals surface area contributed by atoms with Gasteiger partial charge >= 0.3 is 0 Å². The quantitative estimate of drug-likeness (QED) is 0.0272. The third kappa shape index (κ3) is 36.6. The molecule has 1 rings (SSSR count). The second-order valence-electron chi connectivity index (χ2n) is 21.4. The van der Waals surface area contributed by atoms with Crippen molar-refractivity contribution in [1.29, 1.82) is 0 Å². The molecule has 0 aliphatic carbocycles. The number of nitrogens with one attached hydrogen (secondary N) is 1.